The van der Waals surface area contributed by atoms with E-state index in [-0.39, 0.29) is 0 Å². The largest absolute Gasteiger partial charge is 0.494 e. The van der Waals surface area contributed by atoms with Crippen molar-refractivity contribution in [3.63, 3.8) is 0 Å². The van der Waals surface area contributed by atoms with Crippen LogP contribution in [0.4, 0.5) is 23.1 Å². The summed E-state index contributed by atoms with van der Waals surface area (Å²) in [5.41, 5.74) is 3.50. The van der Waals surface area contributed by atoms with Crippen molar-refractivity contribution in [1.29, 1.82) is 0 Å². The first kappa shape index (κ1) is 20.8. The highest BCUT2D eigenvalue weighted by Gasteiger charge is 2.19. The Kier molecular flexibility index (Phi) is 5.98. The van der Waals surface area contributed by atoms with Crippen molar-refractivity contribution in [2.24, 2.45) is 0 Å². The van der Waals surface area contributed by atoms with E-state index in [0.29, 0.717) is 17.6 Å². The van der Waals surface area contributed by atoms with Crippen molar-refractivity contribution in [3.05, 3.63) is 24.5 Å². The van der Waals surface area contributed by atoms with Gasteiger partial charge in [-0.3, -0.25) is 0 Å². The molecule has 0 atom stereocenters. The number of benzene rings is 1. The lowest BCUT2D eigenvalue weighted by Crippen LogP contribution is -2.44. The number of H-pyrrole nitrogens is 1. The fraction of sp³-hybridized carbons (Fsp3) is 0.522. The molecule has 0 spiro atoms. The van der Waals surface area contributed by atoms with Crippen LogP contribution in [0.25, 0.3) is 11.2 Å². The number of aromatic nitrogens is 4. The van der Waals surface area contributed by atoms with Gasteiger partial charge in [-0.25, -0.2) is 4.98 Å². The fourth-order valence-corrected chi connectivity index (χ4v) is 4.60. The molecule has 0 bridgehead atoms. The number of likely N-dealkylation sites (N-methyl/N-ethyl adjacent to an activating group) is 1. The van der Waals surface area contributed by atoms with Crippen molar-refractivity contribution in [2.45, 2.75) is 38.1 Å². The maximum atomic E-state index is 5.70. The molecule has 3 heterocycles. The Bertz CT molecular complexity index is 1050. The van der Waals surface area contributed by atoms with Crippen LogP contribution in [0.2, 0.25) is 0 Å². The van der Waals surface area contributed by atoms with Crippen LogP contribution in [-0.4, -0.2) is 71.2 Å². The number of nitrogens with zero attached hydrogens (tertiary/aromatic N) is 5. The van der Waals surface area contributed by atoms with Crippen LogP contribution in [0.15, 0.2) is 24.5 Å². The zero-order valence-corrected chi connectivity index (χ0v) is 18.9. The van der Waals surface area contributed by atoms with E-state index < -0.39 is 0 Å². The maximum Gasteiger partial charge on any atom is 0.231 e. The summed E-state index contributed by atoms with van der Waals surface area (Å²) in [5, 5.41) is 6.97. The second-order valence-electron chi connectivity index (χ2n) is 8.78. The highest BCUT2D eigenvalue weighted by Crippen LogP contribution is 2.33. The third kappa shape index (κ3) is 4.43. The maximum absolute atomic E-state index is 5.70. The van der Waals surface area contributed by atoms with Crippen molar-refractivity contribution in [2.75, 3.05) is 55.9 Å². The van der Waals surface area contributed by atoms with Gasteiger partial charge in [-0.15, -0.1) is 0 Å². The van der Waals surface area contributed by atoms with Crippen LogP contribution < -0.4 is 20.3 Å². The molecule has 2 aliphatic rings. The molecule has 32 heavy (non-hydrogen) atoms. The van der Waals surface area contributed by atoms with Gasteiger partial charge >= 0.3 is 0 Å². The lowest BCUT2D eigenvalue weighted by Gasteiger charge is -2.34. The van der Waals surface area contributed by atoms with Crippen LogP contribution in [0.1, 0.15) is 32.1 Å². The highest BCUT2D eigenvalue weighted by molar-refractivity contribution is 5.84. The molecule has 3 aromatic rings. The van der Waals surface area contributed by atoms with Gasteiger partial charge in [0.15, 0.2) is 11.5 Å². The Labute approximate surface area is 188 Å². The Morgan fingerprint density at radius 2 is 1.88 bits per heavy atom. The number of anilines is 4. The van der Waals surface area contributed by atoms with E-state index in [0.717, 1.165) is 49.0 Å². The third-order valence-electron chi connectivity index (χ3n) is 6.53. The van der Waals surface area contributed by atoms with Crippen LogP contribution in [0.5, 0.6) is 5.75 Å². The van der Waals surface area contributed by atoms with E-state index in [1.54, 1.807) is 13.4 Å². The average molecular weight is 437 g/mol. The molecule has 0 radical (unpaired) electrons. The molecular weight excluding hydrogens is 404 g/mol. The molecule has 0 unspecified atom stereocenters. The van der Waals surface area contributed by atoms with E-state index >= 15 is 0 Å². The Balaban J connectivity index is 1.38. The Morgan fingerprint density at radius 1 is 1.06 bits per heavy atom. The predicted octanol–water partition coefficient (Wildman–Crippen LogP) is 3.60. The molecule has 1 aliphatic heterocycles. The number of hydrogen-bond acceptors (Lipinski definition) is 8. The van der Waals surface area contributed by atoms with Gasteiger partial charge in [0.1, 0.15) is 11.3 Å². The average Bonchev–Trinajstić information content (AvgIpc) is 3.30. The highest BCUT2D eigenvalue weighted by atomic mass is 16.5. The number of fused-ring (bicyclic) bond motifs is 1. The molecule has 9 heteroatoms. The summed E-state index contributed by atoms with van der Waals surface area (Å²) in [7, 11) is 3.86. The molecule has 9 nitrogen and oxygen atoms in total. The minimum absolute atomic E-state index is 0.440. The van der Waals surface area contributed by atoms with Crippen LogP contribution in [-0.2, 0) is 0 Å². The summed E-state index contributed by atoms with van der Waals surface area (Å²) >= 11 is 0. The van der Waals surface area contributed by atoms with E-state index in [4.69, 9.17) is 9.72 Å². The molecule has 1 aliphatic carbocycles. The molecule has 1 aromatic carbocycles. The standard InChI is InChI=1S/C23H32N8O/c1-30-10-12-31(13-11-30)17-8-9-18(19(14-17)32-2)27-23-28-21-20(24-15-25-21)22(29-23)26-16-6-4-3-5-7-16/h8-9,14-16H,3-7,10-13H2,1-2H3,(H3,24,25,26,27,28,29). The van der Waals surface area contributed by atoms with E-state index in [1.807, 2.05) is 6.07 Å². The molecule has 2 aromatic heterocycles. The van der Waals surface area contributed by atoms with Gasteiger partial charge in [-0.1, -0.05) is 19.3 Å². The normalized spacial score (nSPS) is 18.1. The van der Waals surface area contributed by atoms with Crippen molar-refractivity contribution < 1.29 is 4.74 Å². The summed E-state index contributed by atoms with van der Waals surface area (Å²) < 4.78 is 5.70. The van der Waals surface area contributed by atoms with E-state index in [9.17, 15) is 0 Å². The molecule has 3 N–H and O–H groups in total. The van der Waals surface area contributed by atoms with Gasteiger partial charge in [0, 0.05) is 44.0 Å². The number of piperazine rings is 1. The topological polar surface area (TPSA) is 94.2 Å². The summed E-state index contributed by atoms with van der Waals surface area (Å²) in [6.07, 6.45) is 7.85. The minimum Gasteiger partial charge on any atom is -0.494 e. The fourth-order valence-electron chi connectivity index (χ4n) is 4.60. The first-order valence-electron chi connectivity index (χ1n) is 11.6. The molecule has 1 saturated carbocycles. The Morgan fingerprint density at radius 3 is 2.66 bits per heavy atom. The molecule has 170 valence electrons. The number of methoxy groups -OCH3 is 1. The van der Waals surface area contributed by atoms with Gasteiger partial charge in [0.2, 0.25) is 5.95 Å². The Hall–Kier alpha value is -3.07. The molecule has 5 rings (SSSR count). The second kappa shape index (κ2) is 9.20. The summed E-state index contributed by atoms with van der Waals surface area (Å²) in [6.45, 7) is 4.16. The van der Waals surface area contributed by atoms with Crippen LogP contribution >= 0.6 is 0 Å². The minimum atomic E-state index is 0.440. The lowest BCUT2D eigenvalue weighted by atomic mass is 9.95. The number of aromatic amines is 1. The van der Waals surface area contributed by atoms with Gasteiger partial charge in [0.25, 0.3) is 0 Å². The van der Waals surface area contributed by atoms with Crippen molar-refractivity contribution in [1.82, 2.24) is 24.8 Å². The quantitative estimate of drug-likeness (QED) is 0.540. The summed E-state index contributed by atoms with van der Waals surface area (Å²) in [6, 6.07) is 6.70. The first-order chi connectivity index (χ1) is 15.7. The lowest BCUT2D eigenvalue weighted by molar-refractivity contribution is 0.312. The zero-order chi connectivity index (χ0) is 21.9. The van der Waals surface area contributed by atoms with E-state index in [1.165, 1.54) is 37.8 Å². The first-order valence-corrected chi connectivity index (χ1v) is 11.6. The summed E-state index contributed by atoms with van der Waals surface area (Å²) in [4.78, 5) is 21.7. The third-order valence-corrected chi connectivity index (χ3v) is 6.53. The van der Waals surface area contributed by atoms with Crippen molar-refractivity contribution in [3.8, 4) is 5.75 Å². The van der Waals surface area contributed by atoms with Gasteiger partial charge in [0.05, 0.1) is 19.1 Å². The zero-order valence-electron chi connectivity index (χ0n) is 18.9. The predicted molar refractivity (Wildman–Crippen MR) is 128 cm³/mol. The van der Waals surface area contributed by atoms with Gasteiger partial charge < -0.3 is 30.2 Å². The molecule has 0 amide bonds. The SMILES string of the molecule is COc1cc(N2CCN(C)CC2)ccc1Nc1nc(NC2CCCCC2)c2[nH]cnc2n1. The number of ether oxygens (including phenoxy) is 1. The van der Waals surface area contributed by atoms with Crippen molar-refractivity contribution >= 4 is 34.3 Å². The molecular formula is C23H32N8O. The number of imidazole rings is 1. The van der Waals surface area contributed by atoms with Crippen LogP contribution in [0, 0.1) is 0 Å². The monoisotopic (exact) mass is 436 g/mol. The second-order valence-corrected chi connectivity index (χ2v) is 8.78. The van der Waals surface area contributed by atoms with Gasteiger partial charge in [-0.2, -0.15) is 9.97 Å². The van der Waals surface area contributed by atoms with Gasteiger partial charge in [-0.05, 0) is 32.0 Å². The molecule has 1 saturated heterocycles. The number of nitrogens with one attached hydrogen (secondary N) is 3. The smallest absolute Gasteiger partial charge is 0.231 e. The van der Waals surface area contributed by atoms with Crippen LogP contribution in [0.3, 0.4) is 0 Å². The molecule has 2 fully saturated rings. The summed E-state index contributed by atoms with van der Waals surface area (Å²) in [5.74, 6) is 2.08. The van der Waals surface area contributed by atoms with E-state index in [2.05, 4.69) is 54.6 Å². The number of hydrogen-bond donors (Lipinski definition) is 3. The number of rotatable bonds is 6.